The Bertz CT molecular complexity index is 593. The van der Waals surface area contributed by atoms with Crippen LogP contribution in [0, 0.1) is 41.5 Å². The fraction of sp³-hybridized carbons (Fsp3) is 0.412. The van der Waals surface area contributed by atoms with Crippen LogP contribution in [0.15, 0.2) is 10.8 Å². The summed E-state index contributed by atoms with van der Waals surface area (Å²) in [5.74, 6) is 0. The van der Waals surface area contributed by atoms with Gasteiger partial charge in [0.25, 0.3) is 0 Å². The van der Waals surface area contributed by atoms with Gasteiger partial charge in [-0.3, -0.25) is 0 Å². The second kappa shape index (κ2) is 5.30. The highest BCUT2D eigenvalue weighted by Crippen LogP contribution is 2.39. The number of thiophene rings is 1. The minimum Gasteiger partial charge on any atom is -0.152 e. The summed E-state index contributed by atoms with van der Waals surface area (Å²) < 4.78 is 0. The fourth-order valence-electron chi connectivity index (χ4n) is 2.69. The molecule has 19 heavy (non-hydrogen) atoms. The molecule has 2 rings (SSSR count). The van der Waals surface area contributed by atoms with Crippen LogP contribution in [0.4, 0.5) is 0 Å². The molecule has 0 nitrogen and oxygen atoms in total. The minimum absolute atomic E-state index is 0.0377. The van der Waals surface area contributed by atoms with Gasteiger partial charge in [-0.25, -0.2) is 0 Å². The Kier molecular flexibility index (Phi) is 4.08. The number of alkyl halides is 1. The van der Waals surface area contributed by atoms with E-state index in [1.807, 2.05) is 0 Å². The summed E-state index contributed by atoms with van der Waals surface area (Å²) in [5.41, 5.74) is 10.7. The van der Waals surface area contributed by atoms with Crippen molar-refractivity contribution in [3.05, 3.63) is 55.3 Å². The molecule has 1 aromatic heterocycles. The second-order valence-electron chi connectivity index (χ2n) is 5.41. The highest BCUT2D eigenvalue weighted by molar-refractivity contribution is 7.08. The molecule has 2 aromatic rings. The second-order valence-corrected chi connectivity index (χ2v) is 6.59. The lowest BCUT2D eigenvalue weighted by atomic mass is 9.86. The van der Waals surface area contributed by atoms with Crippen molar-refractivity contribution in [2.45, 2.75) is 46.9 Å². The molecule has 1 atom stereocenters. The Morgan fingerprint density at radius 3 is 1.68 bits per heavy atom. The first kappa shape index (κ1) is 14.6. The summed E-state index contributed by atoms with van der Waals surface area (Å²) in [6, 6.07) is 0. The fourth-order valence-corrected chi connectivity index (χ4v) is 4.21. The number of rotatable bonds is 2. The first-order valence-corrected chi connectivity index (χ1v) is 7.97. The largest absolute Gasteiger partial charge is 0.152 e. The monoisotopic (exact) mass is 292 g/mol. The zero-order chi connectivity index (χ0) is 14.3. The van der Waals surface area contributed by atoms with E-state index in [2.05, 4.69) is 52.3 Å². The van der Waals surface area contributed by atoms with Gasteiger partial charge < -0.3 is 0 Å². The lowest BCUT2D eigenvalue weighted by Gasteiger charge is -2.22. The smallest absolute Gasteiger partial charge is 0.0851 e. The van der Waals surface area contributed by atoms with Crippen LogP contribution in [0.25, 0.3) is 0 Å². The van der Waals surface area contributed by atoms with E-state index in [0.29, 0.717) is 0 Å². The maximum Gasteiger partial charge on any atom is 0.0851 e. The van der Waals surface area contributed by atoms with Crippen molar-refractivity contribution in [1.29, 1.82) is 0 Å². The molecule has 2 heteroatoms. The van der Waals surface area contributed by atoms with Gasteiger partial charge in [0.05, 0.1) is 5.38 Å². The third kappa shape index (κ3) is 2.34. The van der Waals surface area contributed by atoms with Crippen LogP contribution in [-0.4, -0.2) is 0 Å². The average Bonchev–Trinajstić information content (AvgIpc) is 2.80. The average molecular weight is 293 g/mol. The van der Waals surface area contributed by atoms with Crippen molar-refractivity contribution in [1.82, 2.24) is 0 Å². The topological polar surface area (TPSA) is 0 Å². The Balaban J connectivity index is 2.67. The number of aryl methyl sites for hydroxylation is 1. The summed E-state index contributed by atoms with van der Waals surface area (Å²) in [7, 11) is 0. The number of hydrogen-bond acceptors (Lipinski definition) is 1. The molecule has 1 aromatic carbocycles. The van der Waals surface area contributed by atoms with E-state index >= 15 is 0 Å². The molecule has 0 aliphatic heterocycles. The van der Waals surface area contributed by atoms with Gasteiger partial charge in [0.15, 0.2) is 0 Å². The predicted molar refractivity (Wildman–Crippen MR) is 86.9 cm³/mol. The number of halogens is 1. The van der Waals surface area contributed by atoms with E-state index < -0.39 is 0 Å². The third-order valence-corrected chi connectivity index (χ3v) is 5.81. The van der Waals surface area contributed by atoms with Crippen LogP contribution in [-0.2, 0) is 0 Å². The molecule has 0 saturated carbocycles. The molecular formula is C17H21ClS. The van der Waals surface area contributed by atoms with Crippen LogP contribution < -0.4 is 0 Å². The molecule has 0 amide bonds. The van der Waals surface area contributed by atoms with Gasteiger partial charge in [0.1, 0.15) is 0 Å². The highest BCUT2D eigenvalue weighted by atomic mass is 35.5. The van der Waals surface area contributed by atoms with Crippen LogP contribution in [0.1, 0.15) is 49.9 Å². The number of hydrogen-bond donors (Lipinski definition) is 0. The molecule has 0 fully saturated rings. The molecule has 0 radical (unpaired) electrons. The van der Waals surface area contributed by atoms with Gasteiger partial charge in [-0.1, -0.05) is 0 Å². The number of benzene rings is 1. The van der Waals surface area contributed by atoms with E-state index in [1.54, 1.807) is 11.3 Å². The molecule has 0 aliphatic carbocycles. The molecule has 1 heterocycles. The third-order valence-electron chi connectivity index (χ3n) is 4.48. The molecule has 0 aliphatic rings. The Hall–Kier alpha value is -0.790. The quantitative estimate of drug-likeness (QED) is 0.602. The molecule has 102 valence electrons. The summed E-state index contributed by atoms with van der Waals surface area (Å²) in [5, 5.41) is 4.31. The van der Waals surface area contributed by atoms with E-state index in [9.17, 15) is 0 Å². The van der Waals surface area contributed by atoms with Gasteiger partial charge >= 0.3 is 0 Å². The van der Waals surface area contributed by atoms with E-state index in [4.69, 9.17) is 11.6 Å². The normalized spacial score (nSPS) is 12.8. The van der Waals surface area contributed by atoms with Crippen molar-refractivity contribution in [3.8, 4) is 0 Å². The van der Waals surface area contributed by atoms with Crippen molar-refractivity contribution in [3.63, 3.8) is 0 Å². The molecule has 0 bridgehead atoms. The van der Waals surface area contributed by atoms with E-state index in [0.717, 1.165) is 0 Å². The van der Waals surface area contributed by atoms with Gasteiger partial charge in [-0.05, 0) is 96.8 Å². The molecule has 1 unspecified atom stereocenters. The van der Waals surface area contributed by atoms with Crippen molar-refractivity contribution >= 4 is 22.9 Å². The van der Waals surface area contributed by atoms with E-state index in [1.165, 1.54) is 44.5 Å². The van der Waals surface area contributed by atoms with Crippen LogP contribution in [0.3, 0.4) is 0 Å². The molecule has 0 N–H and O–H groups in total. The van der Waals surface area contributed by atoms with Crippen LogP contribution in [0.2, 0.25) is 0 Å². The standard InChI is InChI=1S/C17H21ClS/c1-9-7-19-8-15(9)17(18)16-13(5)11(3)10(2)12(4)14(16)6/h7-8,17H,1-6H3. The van der Waals surface area contributed by atoms with Gasteiger partial charge in [-0.2, -0.15) is 11.3 Å². The molecular weight excluding hydrogens is 272 g/mol. The Labute approximate surface area is 125 Å². The lowest BCUT2D eigenvalue weighted by molar-refractivity contribution is 1.03. The van der Waals surface area contributed by atoms with Crippen molar-refractivity contribution < 1.29 is 0 Å². The van der Waals surface area contributed by atoms with Gasteiger partial charge in [0, 0.05) is 0 Å². The van der Waals surface area contributed by atoms with Gasteiger partial charge in [0.2, 0.25) is 0 Å². The molecule has 0 saturated heterocycles. The maximum atomic E-state index is 6.79. The van der Waals surface area contributed by atoms with E-state index in [-0.39, 0.29) is 5.38 Å². The zero-order valence-corrected chi connectivity index (χ0v) is 14.1. The summed E-state index contributed by atoms with van der Waals surface area (Å²) in [4.78, 5) is 0. The highest BCUT2D eigenvalue weighted by Gasteiger charge is 2.21. The van der Waals surface area contributed by atoms with Gasteiger partial charge in [-0.15, -0.1) is 11.6 Å². The predicted octanol–water partition coefficient (Wildman–Crippen LogP) is 5.93. The SMILES string of the molecule is Cc1cscc1C(Cl)c1c(C)c(C)c(C)c(C)c1C. The van der Waals surface area contributed by atoms with Crippen molar-refractivity contribution in [2.75, 3.05) is 0 Å². The minimum atomic E-state index is -0.0377. The summed E-state index contributed by atoms with van der Waals surface area (Å²) in [6.45, 7) is 13.1. The Morgan fingerprint density at radius 1 is 0.789 bits per heavy atom. The zero-order valence-electron chi connectivity index (χ0n) is 12.5. The van der Waals surface area contributed by atoms with Crippen LogP contribution in [0.5, 0.6) is 0 Å². The molecule has 0 spiro atoms. The first-order valence-electron chi connectivity index (χ1n) is 6.59. The summed E-state index contributed by atoms with van der Waals surface area (Å²) in [6.07, 6.45) is 0. The lowest BCUT2D eigenvalue weighted by Crippen LogP contribution is -2.06. The Morgan fingerprint density at radius 2 is 1.26 bits per heavy atom. The van der Waals surface area contributed by atoms with Crippen LogP contribution >= 0.6 is 22.9 Å². The summed E-state index contributed by atoms with van der Waals surface area (Å²) >= 11 is 8.52. The van der Waals surface area contributed by atoms with Crippen molar-refractivity contribution in [2.24, 2.45) is 0 Å². The maximum absolute atomic E-state index is 6.79. The first-order chi connectivity index (χ1) is 8.86.